The SMILES string of the molecule is CCOc1cc(C2C3=C(CC(C)(C)CC3=O)N(CCCOC)C3=C2C(=O)CC(C)(C)C3)cc(I)c1OCc1c(C)ccc2ccccc12. The maximum atomic E-state index is 14.3. The maximum Gasteiger partial charge on any atom is 0.174 e. The molecule has 0 saturated heterocycles. The van der Waals surface area contributed by atoms with Crippen molar-refractivity contribution in [1.29, 1.82) is 0 Å². The largest absolute Gasteiger partial charge is 0.490 e. The summed E-state index contributed by atoms with van der Waals surface area (Å²) in [6.07, 6.45) is 3.29. The predicted octanol–water partition coefficient (Wildman–Crippen LogP) is 9.45. The van der Waals surface area contributed by atoms with Gasteiger partial charge in [-0.05, 0) is 101 Å². The molecule has 254 valence electrons. The number of ketones is 2. The van der Waals surface area contributed by atoms with Crippen molar-refractivity contribution in [2.24, 2.45) is 10.8 Å². The smallest absolute Gasteiger partial charge is 0.174 e. The van der Waals surface area contributed by atoms with Crippen molar-refractivity contribution < 1.29 is 23.8 Å². The van der Waals surface area contributed by atoms with Crippen molar-refractivity contribution in [3.63, 3.8) is 0 Å². The third-order valence-electron chi connectivity index (χ3n) is 10.1. The zero-order valence-corrected chi connectivity index (χ0v) is 31.6. The third-order valence-corrected chi connectivity index (χ3v) is 10.9. The number of halogens is 1. The van der Waals surface area contributed by atoms with Gasteiger partial charge in [-0.15, -0.1) is 0 Å². The minimum atomic E-state index is -0.442. The summed E-state index contributed by atoms with van der Waals surface area (Å²) in [4.78, 5) is 30.9. The molecule has 6 nitrogen and oxygen atoms in total. The number of methoxy groups -OCH3 is 1. The number of aryl methyl sites for hydroxylation is 1. The standard InChI is InChI=1S/C41H48INO5/c1-8-47-35-19-27(18-30(42)39(35)48-24-29-25(2)14-15-26-12-9-10-13-28(26)29)36-37-31(20-40(3,4)22-33(37)44)43(16-11-17-46-7)32-21-41(5,6)23-34(45)38(32)36/h9-10,12-15,18-19,36H,8,11,16-17,20-24H2,1-7H3. The molecule has 0 spiro atoms. The van der Waals surface area contributed by atoms with Crippen LogP contribution in [0.25, 0.3) is 10.8 Å². The number of hydrogen-bond donors (Lipinski definition) is 0. The van der Waals surface area contributed by atoms with Crippen molar-refractivity contribution in [3.05, 3.63) is 91.3 Å². The van der Waals surface area contributed by atoms with Gasteiger partial charge in [-0.2, -0.15) is 0 Å². The highest BCUT2D eigenvalue weighted by molar-refractivity contribution is 14.1. The highest BCUT2D eigenvalue weighted by Crippen LogP contribution is 2.55. The van der Waals surface area contributed by atoms with Gasteiger partial charge in [-0.25, -0.2) is 0 Å². The molecule has 3 aromatic rings. The van der Waals surface area contributed by atoms with Crippen LogP contribution in [0.4, 0.5) is 0 Å². The van der Waals surface area contributed by atoms with Gasteiger partial charge in [0.1, 0.15) is 6.61 Å². The number of hydrogen-bond acceptors (Lipinski definition) is 6. The highest BCUT2D eigenvalue weighted by Gasteiger charge is 2.49. The summed E-state index contributed by atoms with van der Waals surface area (Å²) in [6.45, 7) is 15.0. The first-order valence-corrected chi connectivity index (χ1v) is 18.3. The average Bonchev–Trinajstić information content (AvgIpc) is 3.00. The van der Waals surface area contributed by atoms with Crippen LogP contribution in [0.2, 0.25) is 0 Å². The molecule has 3 aromatic carbocycles. The number of carbonyl (C=O) groups is 2. The van der Waals surface area contributed by atoms with Crippen LogP contribution in [0.3, 0.4) is 0 Å². The number of rotatable bonds is 10. The Morgan fingerprint density at radius 1 is 0.875 bits per heavy atom. The third kappa shape index (κ3) is 6.69. The van der Waals surface area contributed by atoms with E-state index in [2.05, 4.69) is 105 Å². The van der Waals surface area contributed by atoms with E-state index in [1.807, 2.05) is 13.0 Å². The van der Waals surface area contributed by atoms with E-state index in [1.165, 1.54) is 16.3 Å². The molecule has 1 aliphatic heterocycles. The lowest BCUT2D eigenvalue weighted by Crippen LogP contribution is -2.44. The van der Waals surface area contributed by atoms with E-state index in [0.29, 0.717) is 50.7 Å². The first-order valence-electron chi connectivity index (χ1n) is 17.2. The lowest BCUT2D eigenvalue weighted by molar-refractivity contribution is -0.119. The highest BCUT2D eigenvalue weighted by atomic mass is 127. The number of fused-ring (bicyclic) bond motifs is 1. The van der Waals surface area contributed by atoms with Gasteiger partial charge in [0.25, 0.3) is 0 Å². The number of carbonyl (C=O) groups excluding carboxylic acids is 2. The van der Waals surface area contributed by atoms with Gasteiger partial charge in [-0.1, -0.05) is 64.1 Å². The maximum absolute atomic E-state index is 14.3. The van der Waals surface area contributed by atoms with Crippen molar-refractivity contribution in [2.45, 2.75) is 86.2 Å². The molecule has 3 aliphatic rings. The molecule has 0 unspecified atom stereocenters. The van der Waals surface area contributed by atoms with Crippen molar-refractivity contribution in [1.82, 2.24) is 4.90 Å². The predicted molar refractivity (Wildman–Crippen MR) is 199 cm³/mol. The summed E-state index contributed by atoms with van der Waals surface area (Å²) in [5, 5.41) is 2.36. The summed E-state index contributed by atoms with van der Waals surface area (Å²) < 4.78 is 19.2. The monoisotopic (exact) mass is 761 g/mol. The summed E-state index contributed by atoms with van der Waals surface area (Å²) >= 11 is 2.33. The number of benzene rings is 3. The molecule has 0 bridgehead atoms. The molecule has 6 rings (SSSR count). The van der Waals surface area contributed by atoms with E-state index < -0.39 is 5.92 Å². The fourth-order valence-corrected chi connectivity index (χ4v) is 8.74. The van der Waals surface area contributed by atoms with Gasteiger partial charge >= 0.3 is 0 Å². The van der Waals surface area contributed by atoms with Gasteiger partial charge in [0.2, 0.25) is 0 Å². The molecular formula is C41H48INO5. The second-order valence-corrected chi connectivity index (χ2v) is 16.3. The molecule has 0 saturated carbocycles. The van der Waals surface area contributed by atoms with Crippen molar-refractivity contribution in [2.75, 3.05) is 26.9 Å². The van der Waals surface area contributed by atoms with Gasteiger partial charge in [-0.3, -0.25) is 9.59 Å². The Hall–Kier alpha value is -3.17. The van der Waals surface area contributed by atoms with Crippen LogP contribution in [0.15, 0.2) is 71.1 Å². The quantitative estimate of drug-likeness (QED) is 0.152. The van der Waals surface area contributed by atoms with Gasteiger partial charge < -0.3 is 19.1 Å². The molecule has 0 aromatic heterocycles. The van der Waals surface area contributed by atoms with Gasteiger partial charge in [0, 0.05) is 67.1 Å². The molecular weight excluding hydrogens is 713 g/mol. The van der Waals surface area contributed by atoms with Crippen molar-refractivity contribution in [3.8, 4) is 11.5 Å². The zero-order valence-electron chi connectivity index (χ0n) is 29.4. The fraction of sp³-hybridized carbons (Fsp3) is 0.463. The van der Waals surface area contributed by atoms with Gasteiger partial charge in [0.05, 0.1) is 10.2 Å². The van der Waals surface area contributed by atoms with Crippen LogP contribution in [0.5, 0.6) is 11.5 Å². The van der Waals surface area contributed by atoms with E-state index >= 15 is 0 Å². The van der Waals surface area contributed by atoms with Crippen LogP contribution in [0, 0.1) is 21.3 Å². The number of nitrogens with zero attached hydrogens (tertiary/aromatic N) is 1. The summed E-state index contributed by atoms with van der Waals surface area (Å²) in [7, 11) is 1.72. The van der Waals surface area contributed by atoms with E-state index in [0.717, 1.165) is 56.5 Å². The minimum Gasteiger partial charge on any atom is -0.490 e. The Bertz CT molecular complexity index is 1780. The number of ether oxygens (including phenoxy) is 3. The Morgan fingerprint density at radius 3 is 2.15 bits per heavy atom. The van der Waals surface area contributed by atoms with E-state index in [4.69, 9.17) is 14.2 Å². The van der Waals surface area contributed by atoms with Crippen molar-refractivity contribution >= 4 is 44.9 Å². The molecule has 0 fully saturated rings. The van der Waals surface area contributed by atoms with E-state index in [-0.39, 0.29) is 22.4 Å². The summed E-state index contributed by atoms with van der Waals surface area (Å²) in [5.74, 6) is 1.14. The van der Waals surface area contributed by atoms with Gasteiger partial charge in [0.15, 0.2) is 23.1 Å². The molecule has 0 radical (unpaired) electrons. The lowest BCUT2D eigenvalue weighted by Gasteiger charge is -2.49. The summed E-state index contributed by atoms with van der Waals surface area (Å²) in [5.41, 5.74) is 6.58. The fourth-order valence-electron chi connectivity index (χ4n) is 7.96. The number of Topliss-reactive ketones (excluding diaryl/α,β-unsaturated/α-hetero) is 2. The Labute approximate surface area is 299 Å². The minimum absolute atomic E-state index is 0.131. The lowest BCUT2D eigenvalue weighted by atomic mass is 9.63. The van der Waals surface area contributed by atoms with Crippen LogP contribution in [-0.4, -0.2) is 43.3 Å². The topological polar surface area (TPSA) is 65.1 Å². The molecule has 0 amide bonds. The Balaban J connectivity index is 1.48. The van der Waals surface area contributed by atoms with Crippen LogP contribution < -0.4 is 9.47 Å². The summed E-state index contributed by atoms with van der Waals surface area (Å²) in [6, 6.07) is 16.8. The second kappa shape index (κ2) is 13.6. The zero-order chi connectivity index (χ0) is 34.4. The average molecular weight is 762 g/mol. The molecule has 0 atom stereocenters. The van der Waals surface area contributed by atoms with E-state index in [1.54, 1.807) is 7.11 Å². The molecule has 2 aliphatic carbocycles. The number of allylic oxidation sites excluding steroid dienone is 4. The molecule has 7 heteroatoms. The van der Waals surface area contributed by atoms with Crippen LogP contribution >= 0.6 is 22.6 Å². The molecule has 48 heavy (non-hydrogen) atoms. The second-order valence-electron chi connectivity index (χ2n) is 15.2. The Morgan fingerprint density at radius 2 is 1.52 bits per heavy atom. The first kappa shape index (κ1) is 34.7. The van der Waals surface area contributed by atoms with Crippen LogP contribution in [-0.2, 0) is 20.9 Å². The van der Waals surface area contributed by atoms with E-state index in [9.17, 15) is 9.59 Å². The molecule has 0 N–H and O–H groups in total. The van der Waals surface area contributed by atoms with Crippen LogP contribution in [0.1, 0.15) is 89.3 Å². The first-order chi connectivity index (χ1) is 22.8. The Kier molecular flexibility index (Phi) is 9.84. The molecule has 1 heterocycles. The normalized spacial score (nSPS) is 19.1.